The topological polar surface area (TPSA) is 50.4 Å². The summed E-state index contributed by atoms with van der Waals surface area (Å²) in [5, 5.41) is 6.17. The number of carbonyl (C=O) groups excluding carboxylic acids is 1. The fourth-order valence-electron chi connectivity index (χ4n) is 2.39. The minimum absolute atomic E-state index is 0.113. The van der Waals surface area contributed by atoms with E-state index in [0.717, 1.165) is 31.9 Å². The number of fused-ring (bicyclic) bond motifs is 1. The summed E-state index contributed by atoms with van der Waals surface area (Å²) in [5.74, 6) is 1.60. The second kappa shape index (κ2) is 7.14. The Morgan fingerprint density at radius 2 is 2.26 bits per heavy atom. The van der Waals surface area contributed by atoms with E-state index >= 15 is 0 Å². The molecular formula is C15H22N2O2. The third-order valence-corrected chi connectivity index (χ3v) is 3.38. The monoisotopic (exact) mass is 262 g/mol. The zero-order valence-electron chi connectivity index (χ0n) is 11.4. The van der Waals surface area contributed by atoms with E-state index in [1.807, 2.05) is 19.1 Å². The van der Waals surface area contributed by atoms with Crippen LogP contribution in [0.3, 0.4) is 0 Å². The first-order valence-electron chi connectivity index (χ1n) is 7.00. The molecular weight excluding hydrogens is 240 g/mol. The highest BCUT2D eigenvalue weighted by Crippen LogP contribution is 2.32. The summed E-state index contributed by atoms with van der Waals surface area (Å²) < 4.78 is 5.64. The number of ether oxygens (including phenoxy) is 1. The number of nitrogens with one attached hydrogen (secondary N) is 2. The van der Waals surface area contributed by atoms with Gasteiger partial charge in [0.15, 0.2) is 0 Å². The molecule has 1 aliphatic rings. The van der Waals surface area contributed by atoms with Crippen molar-refractivity contribution in [3.8, 4) is 5.75 Å². The second-order valence-electron chi connectivity index (χ2n) is 4.78. The van der Waals surface area contributed by atoms with E-state index in [-0.39, 0.29) is 5.91 Å². The van der Waals surface area contributed by atoms with Crippen LogP contribution in [0.15, 0.2) is 24.3 Å². The molecule has 2 rings (SSSR count). The molecule has 1 aliphatic heterocycles. The molecule has 19 heavy (non-hydrogen) atoms. The molecule has 1 amide bonds. The lowest BCUT2D eigenvalue weighted by Gasteiger charge is -2.26. The fourth-order valence-corrected chi connectivity index (χ4v) is 2.39. The summed E-state index contributed by atoms with van der Waals surface area (Å²) in [6.45, 7) is 5.04. The summed E-state index contributed by atoms with van der Waals surface area (Å²) in [7, 11) is 0. The Morgan fingerprint density at radius 3 is 3.11 bits per heavy atom. The van der Waals surface area contributed by atoms with Gasteiger partial charge in [-0.05, 0) is 25.0 Å². The van der Waals surface area contributed by atoms with Crippen molar-refractivity contribution in [2.24, 2.45) is 0 Å². The molecule has 0 spiro atoms. The van der Waals surface area contributed by atoms with Gasteiger partial charge in [0, 0.05) is 32.0 Å². The predicted octanol–water partition coefficient (Wildman–Crippen LogP) is 1.67. The molecule has 0 radical (unpaired) electrons. The molecule has 104 valence electrons. The van der Waals surface area contributed by atoms with Crippen LogP contribution in [0.1, 0.15) is 31.2 Å². The van der Waals surface area contributed by atoms with Gasteiger partial charge in [-0.15, -0.1) is 0 Å². The van der Waals surface area contributed by atoms with Gasteiger partial charge in [0.2, 0.25) is 5.91 Å². The van der Waals surface area contributed by atoms with E-state index < -0.39 is 0 Å². The number of rotatable bonds is 6. The van der Waals surface area contributed by atoms with Gasteiger partial charge in [-0.1, -0.05) is 18.2 Å². The Labute approximate surface area is 114 Å². The number of carbonyl (C=O) groups is 1. The molecule has 0 bridgehead atoms. The lowest BCUT2D eigenvalue weighted by Crippen LogP contribution is -2.30. The molecule has 1 atom stereocenters. The molecule has 1 aromatic rings. The number of hydrogen-bond donors (Lipinski definition) is 2. The van der Waals surface area contributed by atoms with Crippen LogP contribution in [0, 0.1) is 0 Å². The van der Waals surface area contributed by atoms with Crippen molar-refractivity contribution in [3.05, 3.63) is 29.8 Å². The molecule has 2 N–H and O–H groups in total. The van der Waals surface area contributed by atoms with Crippen LogP contribution in [-0.2, 0) is 4.79 Å². The minimum Gasteiger partial charge on any atom is -0.493 e. The van der Waals surface area contributed by atoms with Crippen molar-refractivity contribution in [2.45, 2.75) is 25.7 Å². The summed E-state index contributed by atoms with van der Waals surface area (Å²) >= 11 is 0. The average molecular weight is 262 g/mol. The van der Waals surface area contributed by atoms with Gasteiger partial charge in [-0.3, -0.25) is 4.79 Å². The van der Waals surface area contributed by atoms with Crippen LogP contribution in [0.25, 0.3) is 0 Å². The highest BCUT2D eigenvalue weighted by Gasteiger charge is 2.20. The largest absolute Gasteiger partial charge is 0.493 e. The molecule has 1 unspecified atom stereocenters. The van der Waals surface area contributed by atoms with Crippen LogP contribution < -0.4 is 15.4 Å². The minimum atomic E-state index is 0.113. The SMILES string of the molecule is CCNC(=O)CCNCC1CCOc2ccccc21. The molecule has 4 nitrogen and oxygen atoms in total. The molecule has 0 aromatic heterocycles. The van der Waals surface area contributed by atoms with Gasteiger partial charge in [-0.2, -0.15) is 0 Å². The first-order chi connectivity index (χ1) is 9.31. The van der Waals surface area contributed by atoms with Crippen molar-refractivity contribution in [2.75, 3.05) is 26.2 Å². The molecule has 4 heteroatoms. The van der Waals surface area contributed by atoms with E-state index in [2.05, 4.69) is 22.8 Å². The number of hydrogen-bond acceptors (Lipinski definition) is 3. The number of amides is 1. The van der Waals surface area contributed by atoms with E-state index in [4.69, 9.17) is 4.74 Å². The van der Waals surface area contributed by atoms with Gasteiger partial charge >= 0.3 is 0 Å². The van der Waals surface area contributed by atoms with E-state index in [1.54, 1.807) is 0 Å². The maximum Gasteiger partial charge on any atom is 0.221 e. The van der Waals surface area contributed by atoms with Crippen LogP contribution >= 0.6 is 0 Å². The molecule has 1 aromatic carbocycles. The van der Waals surface area contributed by atoms with Crippen molar-refractivity contribution in [3.63, 3.8) is 0 Å². The van der Waals surface area contributed by atoms with Gasteiger partial charge in [0.05, 0.1) is 6.61 Å². The Morgan fingerprint density at radius 1 is 1.42 bits per heavy atom. The van der Waals surface area contributed by atoms with Gasteiger partial charge in [0.1, 0.15) is 5.75 Å². The Kier molecular flexibility index (Phi) is 5.21. The lowest BCUT2D eigenvalue weighted by atomic mass is 9.93. The highest BCUT2D eigenvalue weighted by atomic mass is 16.5. The van der Waals surface area contributed by atoms with Crippen LogP contribution in [0.2, 0.25) is 0 Å². The Bertz CT molecular complexity index is 420. The van der Waals surface area contributed by atoms with Crippen molar-refractivity contribution >= 4 is 5.91 Å². The second-order valence-corrected chi connectivity index (χ2v) is 4.78. The van der Waals surface area contributed by atoms with E-state index in [9.17, 15) is 4.79 Å². The Balaban J connectivity index is 1.77. The van der Waals surface area contributed by atoms with Crippen molar-refractivity contribution in [1.82, 2.24) is 10.6 Å². The third kappa shape index (κ3) is 3.96. The molecule has 0 saturated carbocycles. The van der Waals surface area contributed by atoms with E-state index in [1.165, 1.54) is 5.56 Å². The van der Waals surface area contributed by atoms with Crippen molar-refractivity contribution < 1.29 is 9.53 Å². The highest BCUT2D eigenvalue weighted by molar-refractivity contribution is 5.75. The zero-order valence-corrected chi connectivity index (χ0v) is 11.4. The smallest absolute Gasteiger partial charge is 0.221 e. The van der Waals surface area contributed by atoms with Gasteiger partial charge < -0.3 is 15.4 Å². The first kappa shape index (κ1) is 13.9. The molecule has 0 saturated heterocycles. The third-order valence-electron chi connectivity index (χ3n) is 3.38. The van der Waals surface area contributed by atoms with Crippen molar-refractivity contribution in [1.29, 1.82) is 0 Å². The maximum absolute atomic E-state index is 11.3. The van der Waals surface area contributed by atoms with E-state index in [0.29, 0.717) is 18.9 Å². The summed E-state index contributed by atoms with van der Waals surface area (Å²) in [5.41, 5.74) is 1.28. The van der Waals surface area contributed by atoms with Crippen LogP contribution in [0.4, 0.5) is 0 Å². The molecule has 1 heterocycles. The number of para-hydroxylation sites is 1. The van der Waals surface area contributed by atoms with Gasteiger partial charge in [0.25, 0.3) is 0 Å². The summed E-state index contributed by atoms with van der Waals surface area (Å²) in [6.07, 6.45) is 1.57. The maximum atomic E-state index is 11.3. The number of benzene rings is 1. The average Bonchev–Trinajstić information content (AvgIpc) is 2.44. The quantitative estimate of drug-likeness (QED) is 0.767. The summed E-state index contributed by atoms with van der Waals surface area (Å²) in [4.78, 5) is 11.3. The molecule has 0 fully saturated rings. The standard InChI is InChI=1S/C15H22N2O2/c1-2-17-15(18)7-9-16-11-12-8-10-19-14-6-4-3-5-13(12)14/h3-6,12,16H,2,7-11H2,1H3,(H,17,18). The zero-order chi connectivity index (χ0) is 13.5. The summed E-state index contributed by atoms with van der Waals surface area (Å²) in [6, 6.07) is 8.21. The molecule has 0 aliphatic carbocycles. The van der Waals surface area contributed by atoms with Gasteiger partial charge in [-0.25, -0.2) is 0 Å². The first-order valence-corrected chi connectivity index (χ1v) is 7.00. The Hall–Kier alpha value is -1.55. The predicted molar refractivity (Wildman–Crippen MR) is 75.5 cm³/mol. The van der Waals surface area contributed by atoms with Crippen LogP contribution in [0.5, 0.6) is 5.75 Å². The van der Waals surface area contributed by atoms with Crippen LogP contribution in [-0.4, -0.2) is 32.1 Å². The normalized spacial score (nSPS) is 17.4. The lowest BCUT2D eigenvalue weighted by molar-refractivity contribution is -0.120. The fraction of sp³-hybridized carbons (Fsp3) is 0.533.